The van der Waals surface area contributed by atoms with E-state index in [9.17, 15) is 14.4 Å². The van der Waals surface area contributed by atoms with Crippen LogP contribution in [0.3, 0.4) is 0 Å². The number of nitrogens with zero attached hydrogens (tertiary/aromatic N) is 1. The van der Waals surface area contributed by atoms with E-state index in [4.69, 9.17) is 9.94 Å². The fourth-order valence-corrected chi connectivity index (χ4v) is 2.76. The monoisotopic (exact) mass is 399 g/mol. The molecule has 0 saturated carbocycles. The lowest BCUT2D eigenvalue weighted by Gasteiger charge is -2.25. The number of carbonyl (C=O) groups is 3. The smallest absolute Gasteiger partial charge is 0.275 e. The lowest BCUT2D eigenvalue weighted by atomic mass is 10.0. The molecular formula is C21H25N3O5. The first-order valence-corrected chi connectivity index (χ1v) is 9.18. The van der Waals surface area contributed by atoms with Crippen molar-refractivity contribution in [3.05, 3.63) is 54.1 Å². The molecule has 1 unspecified atom stereocenters. The van der Waals surface area contributed by atoms with Gasteiger partial charge in [-0.1, -0.05) is 31.2 Å². The van der Waals surface area contributed by atoms with Crippen molar-refractivity contribution in [1.82, 2.24) is 15.7 Å². The van der Waals surface area contributed by atoms with E-state index >= 15 is 0 Å². The number of ether oxygens (including phenoxy) is 1. The van der Waals surface area contributed by atoms with E-state index in [2.05, 4.69) is 5.32 Å². The van der Waals surface area contributed by atoms with Gasteiger partial charge in [0.2, 0.25) is 0 Å². The van der Waals surface area contributed by atoms with Gasteiger partial charge in [-0.05, 0) is 41.8 Å². The molecular weight excluding hydrogens is 374 g/mol. The zero-order valence-electron chi connectivity index (χ0n) is 16.6. The van der Waals surface area contributed by atoms with Crippen molar-refractivity contribution in [1.29, 1.82) is 0 Å². The summed E-state index contributed by atoms with van der Waals surface area (Å²) in [5, 5.41) is 11.2. The molecule has 0 aliphatic heterocycles. The van der Waals surface area contributed by atoms with Crippen molar-refractivity contribution < 1.29 is 24.3 Å². The lowest BCUT2D eigenvalue weighted by molar-refractivity contribution is -0.140. The molecule has 0 spiro atoms. The number of hydrogen-bond acceptors (Lipinski definition) is 5. The summed E-state index contributed by atoms with van der Waals surface area (Å²) in [6.07, 6.45) is 0.937. The molecule has 3 N–H and O–H groups in total. The topological polar surface area (TPSA) is 108 Å². The van der Waals surface area contributed by atoms with E-state index in [0.29, 0.717) is 12.2 Å². The Labute approximate surface area is 169 Å². The summed E-state index contributed by atoms with van der Waals surface area (Å²) in [7, 11) is 2.66. The Hall–Kier alpha value is -3.39. The molecule has 3 amide bonds. The summed E-state index contributed by atoms with van der Waals surface area (Å²) in [4.78, 5) is 37.4. The number of nitrogens with one attached hydrogen (secondary N) is 2. The average Bonchev–Trinajstić information content (AvgIpc) is 2.77. The van der Waals surface area contributed by atoms with Gasteiger partial charge in [-0.15, -0.1) is 0 Å². The molecule has 0 fully saturated rings. The Morgan fingerprint density at radius 2 is 1.55 bits per heavy atom. The Morgan fingerprint density at radius 3 is 2.03 bits per heavy atom. The van der Waals surface area contributed by atoms with Gasteiger partial charge in [0.15, 0.2) is 6.04 Å². The summed E-state index contributed by atoms with van der Waals surface area (Å²) in [5.41, 5.74) is 3.58. The van der Waals surface area contributed by atoms with Crippen molar-refractivity contribution in [3.63, 3.8) is 0 Å². The zero-order chi connectivity index (χ0) is 21.4. The predicted molar refractivity (Wildman–Crippen MR) is 108 cm³/mol. The van der Waals surface area contributed by atoms with Crippen LogP contribution >= 0.6 is 0 Å². The van der Waals surface area contributed by atoms with Crippen molar-refractivity contribution in [3.8, 4) is 16.9 Å². The second kappa shape index (κ2) is 10.2. The van der Waals surface area contributed by atoms with E-state index < -0.39 is 23.8 Å². The number of likely N-dealkylation sites (N-methyl/N-ethyl adjacent to an activating group) is 2. The van der Waals surface area contributed by atoms with Crippen LogP contribution in [-0.4, -0.2) is 54.6 Å². The second-order valence-corrected chi connectivity index (χ2v) is 6.36. The number of rotatable bonds is 8. The minimum Gasteiger partial charge on any atom is -0.494 e. The largest absolute Gasteiger partial charge is 0.494 e. The summed E-state index contributed by atoms with van der Waals surface area (Å²) in [5.74, 6) is -1.44. The minimum atomic E-state index is -1.49. The molecule has 0 bridgehead atoms. The maximum absolute atomic E-state index is 12.7. The highest BCUT2D eigenvalue weighted by Crippen LogP contribution is 2.23. The van der Waals surface area contributed by atoms with Crippen LogP contribution in [0.25, 0.3) is 11.1 Å². The zero-order valence-corrected chi connectivity index (χ0v) is 16.6. The van der Waals surface area contributed by atoms with Crippen LogP contribution in [0, 0.1) is 0 Å². The van der Waals surface area contributed by atoms with E-state index in [1.165, 1.54) is 19.6 Å². The second-order valence-electron chi connectivity index (χ2n) is 6.36. The third kappa shape index (κ3) is 5.32. The van der Waals surface area contributed by atoms with Crippen LogP contribution in [0.1, 0.15) is 23.7 Å². The molecule has 154 valence electrons. The molecule has 2 aromatic rings. The van der Waals surface area contributed by atoms with Crippen LogP contribution in [-0.2, 0) is 9.59 Å². The van der Waals surface area contributed by atoms with Crippen molar-refractivity contribution in [2.75, 3.05) is 20.7 Å². The van der Waals surface area contributed by atoms with Crippen LogP contribution in [0.5, 0.6) is 5.75 Å². The van der Waals surface area contributed by atoms with Gasteiger partial charge in [-0.3, -0.25) is 19.6 Å². The SMILES string of the molecule is CCCOc1ccc(-c2ccc(C(=O)N(C)C(C(=O)NC)C(=O)NO)cc2)cc1. The molecule has 1 atom stereocenters. The Kier molecular flexibility index (Phi) is 7.73. The minimum absolute atomic E-state index is 0.304. The third-order valence-electron chi connectivity index (χ3n) is 4.35. The lowest BCUT2D eigenvalue weighted by Crippen LogP contribution is -2.54. The maximum atomic E-state index is 12.7. The van der Waals surface area contributed by atoms with Crippen LogP contribution in [0.15, 0.2) is 48.5 Å². The van der Waals surface area contributed by atoms with Gasteiger partial charge in [-0.25, -0.2) is 5.48 Å². The summed E-state index contributed by atoms with van der Waals surface area (Å²) in [6.45, 7) is 2.71. The van der Waals surface area contributed by atoms with Crippen molar-refractivity contribution in [2.24, 2.45) is 0 Å². The molecule has 0 aliphatic carbocycles. The number of hydroxylamine groups is 1. The molecule has 0 aliphatic rings. The molecule has 2 aromatic carbocycles. The Morgan fingerprint density at radius 1 is 1.00 bits per heavy atom. The van der Waals surface area contributed by atoms with Gasteiger partial charge in [-0.2, -0.15) is 0 Å². The fourth-order valence-electron chi connectivity index (χ4n) is 2.76. The summed E-state index contributed by atoms with van der Waals surface area (Å²) < 4.78 is 5.57. The number of benzene rings is 2. The molecule has 2 rings (SSSR count). The van der Waals surface area contributed by atoms with E-state index in [1.54, 1.807) is 24.3 Å². The van der Waals surface area contributed by atoms with E-state index in [0.717, 1.165) is 28.2 Å². The first-order chi connectivity index (χ1) is 13.9. The standard InChI is InChI=1S/C21H25N3O5/c1-4-13-29-17-11-9-15(10-12-17)14-5-7-16(8-6-14)21(27)24(3)18(19(25)22-2)20(26)23-28/h5-12,18,28H,4,13H2,1-3H3,(H,22,25)(H,23,26). The average molecular weight is 399 g/mol. The number of hydrogen-bond donors (Lipinski definition) is 3. The van der Waals surface area contributed by atoms with Gasteiger partial charge < -0.3 is 15.0 Å². The number of carbonyl (C=O) groups excluding carboxylic acids is 3. The van der Waals surface area contributed by atoms with Crippen molar-refractivity contribution in [2.45, 2.75) is 19.4 Å². The molecule has 0 radical (unpaired) electrons. The molecule has 8 heteroatoms. The van der Waals surface area contributed by atoms with Crippen molar-refractivity contribution >= 4 is 17.7 Å². The molecule has 0 aromatic heterocycles. The van der Waals surface area contributed by atoms with Crippen LogP contribution < -0.4 is 15.5 Å². The van der Waals surface area contributed by atoms with Gasteiger partial charge in [0, 0.05) is 19.7 Å². The first kappa shape index (κ1) is 21.9. The number of amides is 3. The molecule has 0 saturated heterocycles. The van der Waals surface area contributed by atoms with Crippen LogP contribution in [0.2, 0.25) is 0 Å². The van der Waals surface area contributed by atoms with E-state index in [1.807, 2.05) is 31.2 Å². The van der Waals surface area contributed by atoms with Gasteiger partial charge in [0.05, 0.1) is 6.61 Å². The van der Waals surface area contributed by atoms with Gasteiger partial charge in [0.1, 0.15) is 5.75 Å². The normalized spacial score (nSPS) is 11.3. The summed E-state index contributed by atoms with van der Waals surface area (Å²) in [6, 6.07) is 12.9. The highest BCUT2D eigenvalue weighted by molar-refractivity contribution is 6.08. The van der Waals surface area contributed by atoms with Gasteiger partial charge in [0.25, 0.3) is 17.7 Å². The maximum Gasteiger partial charge on any atom is 0.275 e. The Bertz CT molecular complexity index is 834. The first-order valence-electron chi connectivity index (χ1n) is 9.18. The Balaban J connectivity index is 2.17. The highest BCUT2D eigenvalue weighted by atomic mass is 16.5. The molecule has 8 nitrogen and oxygen atoms in total. The van der Waals surface area contributed by atoms with Gasteiger partial charge >= 0.3 is 0 Å². The molecule has 29 heavy (non-hydrogen) atoms. The van der Waals surface area contributed by atoms with E-state index in [-0.39, 0.29) is 0 Å². The quantitative estimate of drug-likeness (QED) is 0.357. The predicted octanol–water partition coefficient (Wildman–Crippen LogP) is 1.83. The van der Waals surface area contributed by atoms with Crippen LogP contribution in [0.4, 0.5) is 0 Å². The third-order valence-corrected chi connectivity index (χ3v) is 4.35. The summed E-state index contributed by atoms with van der Waals surface area (Å²) >= 11 is 0. The highest BCUT2D eigenvalue weighted by Gasteiger charge is 2.33. The molecule has 0 heterocycles. The fraction of sp³-hybridized carbons (Fsp3) is 0.286.